The molecule has 3 rings (SSSR count). The van der Waals surface area contributed by atoms with E-state index in [1.54, 1.807) is 16.8 Å². The van der Waals surface area contributed by atoms with Gasteiger partial charge in [0, 0.05) is 19.0 Å². The summed E-state index contributed by atoms with van der Waals surface area (Å²) in [5.41, 5.74) is 1.42. The largest absolute Gasteiger partial charge is 0.338 e. The van der Waals surface area contributed by atoms with Gasteiger partial charge in [0.05, 0.1) is 10.9 Å². The van der Waals surface area contributed by atoms with Gasteiger partial charge in [0.15, 0.2) is 5.82 Å². The number of aryl methyl sites for hydroxylation is 1. The van der Waals surface area contributed by atoms with Crippen LogP contribution in [0.1, 0.15) is 37.7 Å². The van der Waals surface area contributed by atoms with E-state index in [-0.39, 0.29) is 11.2 Å². The smallest absolute Gasteiger partial charge is 0.239 e. The van der Waals surface area contributed by atoms with Crippen LogP contribution in [0.25, 0.3) is 5.69 Å². The molecule has 2 heterocycles. The molecule has 9 nitrogen and oxygen atoms in total. The van der Waals surface area contributed by atoms with E-state index in [2.05, 4.69) is 31.0 Å². The van der Waals surface area contributed by atoms with E-state index in [0.29, 0.717) is 29.0 Å². The molecule has 0 bridgehead atoms. The molecule has 0 radical (unpaired) electrons. The summed E-state index contributed by atoms with van der Waals surface area (Å²) in [7, 11) is 0. The van der Waals surface area contributed by atoms with Gasteiger partial charge in [-0.05, 0) is 35.5 Å². The van der Waals surface area contributed by atoms with Crippen LogP contribution in [0.2, 0.25) is 0 Å². The number of nitrogens with one attached hydrogen (secondary N) is 1. The highest BCUT2D eigenvalue weighted by Gasteiger charge is 2.19. The summed E-state index contributed by atoms with van der Waals surface area (Å²) < 4.78 is 6.87. The van der Waals surface area contributed by atoms with Crippen LogP contribution < -0.4 is 5.32 Å². The lowest BCUT2D eigenvalue weighted by Gasteiger charge is -2.08. The predicted octanol–water partition coefficient (Wildman–Crippen LogP) is 2.42. The van der Waals surface area contributed by atoms with Crippen LogP contribution in [0.15, 0.2) is 33.9 Å². The fourth-order valence-electron chi connectivity index (χ4n) is 2.12. The molecular weight excluding hydrogens is 342 g/mol. The summed E-state index contributed by atoms with van der Waals surface area (Å²) in [6, 6.07) is 7.29. The maximum Gasteiger partial charge on any atom is 0.239 e. The molecule has 1 N–H and O–H groups in total. The maximum absolute atomic E-state index is 11.2. The highest BCUT2D eigenvalue weighted by Crippen LogP contribution is 2.33. The third kappa shape index (κ3) is 4.02. The SMILES string of the molecule is CCc1noc(C(C)Sc2nnnn2-c2cccc(NC(C)=O)c2)n1. The van der Waals surface area contributed by atoms with E-state index in [0.717, 1.165) is 5.69 Å². The molecule has 0 aliphatic rings. The molecule has 3 aromatic rings. The zero-order valence-corrected chi connectivity index (χ0v) is 14.8. The molecule has 0 aliphatic heterocycles. The summed E-state index contributed by atoms with van der Waals surface area (Å²) in [4.78, 5) is 15.6. The van der Waals surface area contributed by atoms with Crippen molar-refractivity contribution in [1.82, 2.24) is 30.3 Å². The van der Waals surface area contributed by atoms with Gasteiger partial charge in [-0.15, -0.1) is 5.10 Å². The number of tetrazole rings is 1. The Morgan fingerprint density at radius 1 is 1.44 bits per heavy atom. The maximum atomic E-state index is 11.2. The molecule has 0 aliphatic carbocycles. The van der Waals surface area contributed by atoms with Gasteiger partial charge >= 0.3 is 0 Å². The standard InChI is InChI=1S/C15H17N7O2S/c1-4-13-17-14(24-19-13)9(2)25-15-18-20-21-22(15)12-7-5-6-11(8-12)16-10(3)23/h5-9H,4H2,1-3H3,(H,16,23). The van der Waals surface area contributed by atoms with Crippen LogP contribution in [-0.2, 0) is 11.2 Å². The minimum absolute atomic E-state index is 0.101. The average molecular weight is 359 g/mol. The summed E-state index contributed by atoms with van der Waals surface area (Å²) in [6.45, 7) is 5.38. The van der Waals surface area contributed by atoms with Crippen molar-refractivity contribution in [2.24, 2.45) is 0 Å². The zero-order valence-electron chi connectivity index (χ0n) is 14.0. The number of benzene rings is 1. The quantitative estimate of drug-likeness (QED) is 0.668. The number of rotatable bonds is 6. The van der Waals surface area contributed by atoms with Crippen molar-refractivity contribution in [3.8, 4) is 5.69 Å². The van der Waals surface area contributed by atoms with Crippen molar-refractivity contribution in [3.63, 3.8) is 0 Å². The van der Waals surface area contributed by atoms with Gasteiger partial charge in [0.2, 0.25) is 17.0 Å². The second-order valence-electron chi connectivity index (χ2n) is 5.27. The molecular formula is C15H17N7O2S. The van der Waals surface area contributed by atoms with Crippen LogP contribution in [0.3, 0.4) is 0 Å². The molecule has 25 heavy (non-hydrogen) atoms. The number of carbonyl (C=O) groups excluding carboxylic acids is 1. The van der Waals surface area contributed by atoms with Gasteiger partial charge in [-0.1, -0.05) is 29.9 Å². The van der Waals surface area contributed by atoms with Gasteiger partial charge in [0.25, 0.3) is 0 Å². The molecule has 0 spiro atoms. The molecule has 0 saturated carbocycles. The van der Waals surface area contributed by atoms with E-state index in [1.165, 1.54) is 18.7 Å². The first kappa shape index (κ1) is 17.1. The number of carbonyl (C=O) groups is 1. The first-order valence-corrected chi connectivity index (χ1v) is 8.60. The van der Waals surface area contributed by atoms with E-state index in [4.69, 9.17) is 4.52 Å². The van der Waals surface area contributed by atoms with Crippen LogP contribution in [-0.4, -0.2) is 36.3 Å². The monoisotopic (exact) mass is 359 g/mol. The van der Waals surface area contributed by atoms with Crippen molar-refractivity contribution in [2.45, 2.75) is 37.6 Å². The molecule has 0 fully saturated rings. The van der Waals surface area contributed by atoms with Crippen molar-refractivity contribution in [2.75, 3.05) is 5.32 Å². The molecule has 130 valence electrons. The Kier molecular flexibility index (Phi) is 5.08. The summed E-state index contributed by atoms with van der Waals surface area (Å²) >= 11 is 1.41. The van der Waals surface area contributed by atoms with Crippen LogP contribution in [0.5, 0.6) is 0 Å². The lowest BCUT2D eigenvalue weighted by molar-refractivity contribution is -0.114. The van der Waals surface area contributed by atoms with E-state index in [1.807, 2.05) is 26.0 Å². The van der Waals surface area contributed by atoms with E-state index >= 15 is 0 Å². The molecule has 0 saturated heterocycles. The minimum atomic E-state index is -0.139. The first-order chi connectivity index (χ1) is 12.1. The average Bonchev–Trinajstić information content (AvgIpc) is 3.23. The van der Waals surface area contributed by atoms with Crippen molar-refractivity contribution in [3.05, 3.63) is 36.0 Å². The van der Waals surface area contributed by atoms with Crippen LogP contribution in [0, 0.1) is 0 Å². The minimum Gasteiger partial charge on any atom is -0.338 e. The lowest BCUT2D eigenvalue weighted by atomic mass is 10.3. The van der Waals surface area contributed by atoms with Crippen LogP contribution >= 0.6 is 11.8 Å². The Morgan fingerprint density at radius 3 is 3.00 bits per heavy atom. The number of aromatic nitrogens is 6. The molecule has 1 atom stereocenters. The fraction of sp³-hybridized carbons (Fsp3) is 0.333. The Balaban J connectivity index is 1.81. The van der Waals surface area contributed by atoms with Gasteiger partial charge in [0.1, 0.15) is 0 Å². The number of hydrogen-bond donors (Lipinski definition) is 1. The van der Waals surface area contributed by atoms with Gasteiger partial charge < -0.3 is 9.84 Å². The van der Waals surface area contributed by atoms with Gasteiger partial charge in [-0.25, -0.2) is 0 Å². The highest BCUT2D eigenvalue weighted by atomic mass is 32.2. The van der Waals surface area contributed by atoms with Crippen molar-refractivity contribution >= 4 is 23.4 Å². The van der Waals surface area contributed by atoms with Gasteiger partial charge in [-0.3, -0.25) is 4.79 Å². The third-order valence-electron chi connectivity index (χ3n) is 3.28. The van der Waals surface area contributed by atoms with Gasteiger partial charge in [-0.2, -0.15) is 9.67 Å². The highest BCUT2D eigenvalue weighted by molar-refractivity contribution is 7.99. The molecule has 10 heteroatoms. The second-order valence-corrected chi connectivity index (χ2v) is 6.58. The molecule has 1 unspecified atom stereocenters. The molecule has 1 amide bonds. The molecule has 2 aromatic heterocycles. The third-order valence-corrected chi connectivity index (χ3v) is 4.30. The first-order valence-electron chi connectivity index (χ1n) is 7.72. The van der Waals surface area contributed by atoms with Crippen LogP contribution in [0.4, 0.5) is 5.69 Å². The molecule has 1 aromatic carbocycles. The van der Waals surface area contributed by atoms with E-state index in [9.17, 15) is 4.79 Å². The van der Waals surface area contributed by atoms with E-state index < -0.39 is 0 Å². The fourth-order valence-corrected chi connectivity index (χ4v) is 2.96. The topological polar surface area (TPSA) is 112 Å². The summed E-state index contributed by atoms with van der Waals surface area (Å²) in [5.74, 6) is 1.06. The Hall–Kier alpha value is -2.75. The number of hydrogen-bond acceptors (Lipinski definition) is 8. The Bertz CT molecular complexity index is 876. The van der Waals surface area contributed by atoms with Crippen molar-refractivity contribution < 1.29 is 9.32 Å². The number of nitrogens with zero attached hydrogens (tertiary/aromatic N) is 6. The normalized spacial score (nSPS) is 12.1. The zero-order chi connectivity index (χ0) is 17.8. The number of amides is 1. The Labute approximate surface area is 148 Å². The Morgan fingerprint density at radius 2 is 2.28 bits per heavy atom. The number of anilines is 1. The number of thioether (sulfide) groups is 1. The predicted molar refractivity (Wildman–Crippen MR) is 91.4 cm³/mol. The second kappa shape index (κ2) is 7.43. The summed E-state index contributed by atoms with van der Waals surface area (Å²) in [5, 5.41) is 19.0. The summed E-state index contributed by atoms with van der Waals surface area (Å²) in [6.07, 6.45) is 0.717. The lowest BCUT2D eigenvalue weighted by Crippen LogP contribution is -2.07. The van der Waals surface area contributed by atoms with Crippen molar-refractivity contribution in [1.29, 1.82) is 0 Å².